The summed E-state index contributed by atoms with van der Waals surface area (Å²) in [5.41, 5.74) is 0.551. The molecule has 0 fully saturated rings. The van der Waals surface area contributed by atoms with Gasteiger partial charge in [0.2, 0.25) is 0 Å². The standard InChI is InChI=1S/C13H17NO3/c1-2-3-4-8-12(15)10-11-7-5-6-9-13(11)14(16)17/h5-7,9H,2-4,8,10H2,1H3. The lowest BCUT2D eigenvalue weighted by Gasteiger charge is -2.02. The minimum atomic E-state index is -0.436. The first-order valence-electron chi connectivity index (χ1n) is 5.89. The molecule has 0 unspecified atom stereocenters. The Kier molecular flexibility index (Phi) is 5.33. The van der Waals surface area contributed by atoms with E-state index in [1.165, 1.54) is 6.07 Å². The molecule has 0 saturated heterocycles. The van der Waals surface area contributed by atoms with E-state index in [1.807, 2.05) is 0 Å². The summed E-state index contributed by atoms with van der Waals surface area (Å²) in [6, 6.07) is 6.43. The van der Waals surface area contributed by atoms with Crippen molar-refractivity contribution in [1.82, 2.24) is 0 Å². The predicted octanol–water partition coefficient (Wildman–Crippen LogP) is 3.29. The molecule has 0 saturated carbocycles. The third-order valence-corrected chi connectivity index (χ3v) is 2.64. The van der Waals surface area contributed by atoms with Gasteiger partial charge in [-0.2, -0.15) is 0 Å². The van der Waals surface area contributed by atoms with Crippen molar-refractivity contribution in [3.8, 4) is 0 Å². The summed E-state index contributed by atoms with van der Waals surface area (Å²) in [4.78, 5) is 22.0. The zero-order chi connectivity index (χ0) is 12.7. The molecule has 0 bridgehead atoms. The van der Waals surface area contributed by atoms with Gasteiger partial charge in [-0.25, -0.2) is 0 Å². The van der Waals surface area contributed by atoms with Gasteiger partial charge in [0, 0.05) is 24.5 Å². The number of rotatable bonds is 7. The molecule has 0 aromatic heterocycles. The molecule has 4 heteroatoms. The second-order valence-electron chi connectivity index (χ2n) is 4.06. The van der Waals surface area contributed by atoms with Crippen LogP contribution in [0.15, 0.2) is 24.3 Å². The molecular formula is C13H17NO3. The molecule has 1 aromatic carbocycles. The van der Waals surface area contributed by atoms with Gasteiger partial charge in [0.25, 0.3) is 5.69 Å². The van der Waals surface area contributed by atoms with Gasteiger partial charge in [-0.05, 0) is 6.42 Å². The lowest BCUT2D eigenvalue weighted by atomic mass is 10.0. The van der Waals surface area contributed by atoms with Crippen LogP contribution in [0.4, 0.5) is 5.69 Å². The van der Waals surface area contributed by atoms with Crippen molar-refractivity contribution in [3.05, 3.63) is 39.9 Å². The summed E-state index contributed by atoms with van der Waals surface area (Å²) in [7, 11) is 0. The summed E-state index contributed by atoms with van der Waals surface area (Å²) in [6.07, 6.45) is 3.65. The first-order chi connectivity index (χ1) is 8.15. The van der Waals surface area contributed by atoms with Crippen molar-refractivity contribution < 1.29 is 9.72 Å². The fraction of sp³-hybridized carbons (Fsp3) is 0.462. The number of Topliss-reactive ketones (excluding diaryl/α,β-unsaturated/α-hetero) is 1. The Labute approximate surface area is 101 Å². The van der Waals surface area contributed by atoms with Gasteiger partial charge in [-0.15, -0.1) is 0 Å². The topological polar surface area (TPSA) is 60.2 Å². The molecule has 0 atom stereocenters. The fourth-order valence-corrected chi connectivity index (χ4v) is 1.71. The van der Waals surface area contributed by atoms with Crippen molar-refractivity contribution in [1.29, 1.82) is 0 Å². The predicted molar refractivity (Wildman–Crippen MR) is 65.9 cm³/mol. The van der Waals surface area contributed by atoms with E-state index >= 15 is 0 Å². The van der Waals surface area contributed by atoms with Crippen LogP contribution in [0.1, 0.15) is 38.2 Å². The molecule has 0 aliphatic carbocycles. The summed E-state index contributed by atoms with van der Waals surface area (Å²) < 4.78 is 0. The number of unbranched alkanes of at least 4 members (excludes halogenated alkanes) is 2. The third kappa shape index (κ3) is 4.34. The molecule has 0 spiro atoms. The number of hydrogen-bond acceptors (Lipinski definition) is 3. The van der Waals surface area contributed by atoms with Crippen LogP contribution in [0.3, 0.4) is 0 Å². The van der Waals surface area contributed by atoms with Crippen molar-refractivity contribution in [2.24, 2.45) is 0 Å². The lowest BCUT2D eigenvalue weighted by molar-refractivity contribution is -0.385. The van der Waals surface area contributed by atoms with Gasteiger partial charge in [0.05, 0.1) is 4.92 Å². The van der Waals surface area contributed by atoms with Gasteiger partial charge < -0.3 is 0 Å². The van der Waals surface area contributed by atoms with E-state index in [-0.39, 0.29) is 17.9 Å². The van der Waals surface area contributed by atoms with E-state index in [0.717, 1.165) is 19.3 Å². The largest absolute Gasteiger partial charge is 0.299 e. The number of nitro groups is 1. The Hall–Kier alpha value is -1.71. The van der Waals surface area contributed by atoms with Crippen molar-refractivity contribution in [2.75, 3.05) is 0 Å². The monoisotopic (exact) mass is 235 g/mol. The van der Waals surface area contributed by atoms with Gasteiger partial charge in [0.15, 0.2) is 0 Å². The second kappa shape index (κ2) is 6.78. The smallest absolute Gasteiger partial charge is 0.273 e. The Morgan fingerprint density at radius 2 is 2.00 bits per heavy atom. The van der Waals surface area contributed by atoms with Crippen LogP contribution < -0.4 is 0 Å². The first-order valence-corrected chi connectivity index (χ1v) is 5.89. The molecule has 0 radical (unpaired) electrons. The number of carbonyl (C=O) groups is 1. The van der Waals surface area contributed by atoms with Gasteiger partial charge in [0.1, 0.15) is 5.78 Å². The summed E-state index contributed by atoms with van der Waals surface area (Å²) >= 11 is 0. The van der Waals surface area contributed by atoms with E-state index in [1.54, 1.807) is 18.2 Å². The Balaban J connectivity index is 2.61. The molecule has 17 heavy (non-hydrogen) atoms. The average Bonchev–Trinajstić information content (AvgIpc) is 2.29. The van der Waals surface area contributed by atoms with Gasteiger partial charge in [-0.3, -0.25) is 14.9 Å². The molecule has 0 amide bonds. The summed E-state index contributed by atoms with van der Waals surface area (Å²) in [5, 5.41) is 10.8. The van der Waals surface area contributed by atoms with Crippen LogP contribution in [-0.2, 0) is 11.2 Å². The van der Waals surface area contributed by atoms with Crippen molar-refractivity contribution in [3.63, 3.8) is 0 Å². The molecular weight excluding hydrogens is 218 g/mol. The minimum absolute atomic E-state index is 0.0383. The SMILES string of the molecule is CCCCCC(=O)Cc1ccccc1[N+](=O)[O-]. The maximum atomic E-state index is 11.6. The van der Waals surface area contributed by atoms with E-state index in [9.17, 15) is 14.9 Å². The van der Waals surface area contributed by atoms with Gasteiger partial charge in [-0.1, -0.05) is 38.0 Å². The molecule has 1 rings (SSSR count). The molecule has 0 heterocycles. The summed E-state index contributed by atoms with van der Waals surface area (Å²) in [5.74, 6) is 0.0766. The van der Waals surface area contributed by atoms with Gasteiger partial charge >= 0.3 is 0 Å². The van der Waals surface area contributed by atoms with Crippen LogP contribution >= 0.6 is 0 Å². The van der Waals surface area contributed by atoms with Crippen LogP contribution in [0, 0.1) is 10.1 Å². The van der Waals surface area contributed by atoms with E-state index in [4.69, 9.17) is 0 Å². The Morgan fingerprint density at radius 1 is 1.29 bits per heavy atom. The normalized spacial score (nSPS) is 10.2. The fourth-order valence-electron chi connectivity index (χ4n) is 1.71. The Bertz CT molecular complexity index is 401. The average molecular weight is 235 g/mol. The lowest BCUT2D eigenvalue weighted by Crippen LogP contribution is -2.05. The summed E-state index contributed by atoms with van der Waals surface area (Å²) in [6.45, 7) is 2.08. The zero-order valence-corrected chi connectivity index (χ0v) is 10.0. The molecule has 4 nitrogen and oxygen atoms in total. The van der Waals surface area contributed by atoms with E-state index < -0.39 is 4.92 Å². The van der Waals surface area contributed by atoms with Crippen LogP contribution in [0.25, 0.3) is 0 Å². The second-order valence-corrected chi connectivity index (χ2v) is 4.06. The maximum absolute atomic E-state index is 11.6. The van der Waals surface area contributed by atoms with Crippen molar-refractivity contribution >= 4 is 11.5 Å². The van der Waals surface area contributed by atoms with Crippen molar-refractivity contribution in [2.45, 2.75) is 39.0 Å². The van der Waals surface area contributed by atoms with Crippen LogP contribution in [-0.4, -0.2) is 10.7 Å². The number of hydrogen-bond donors (Lipinski definition) is 0. The zero-order valence-electron chi connectivity index (χ0n) is 10.0. The number of nitro benzene ring substituents is 1. The molecule has 0 aliphatic heterocycles. The number of benzene rings is 1. The number of nitrogens with zero attached hydrogens (tertiary/aromatic N) is 1. The van der Waals surface area contributed by atoms with Crippen LogP contribution in [0.5, 0.6) is 0 Å². The molecule has 92 valence electrons. The number of carbonyl (C=O) groups excluding carboxylic acids is 1. The van der Waals surface area contributed by atoms with Crippen LogP contribution in [0.2, 0.25) is 0 Å². The van der Waals surface area contributed by atoms with E-state index in [0.29, 0.717) is 12.0 Å². The minimum Gasteiger partial charge on any atom is -0.299 e. The molecule has 1 aromatic rings. The Morgan fingerprint density at radius 3 is 2.65 bits per heavy atom. The highest BCUT2D eigenvalue weighted by molar-refractivity contribution is 5.81. The highest BCUT2D eigenvalue weighted by Crippen LogP contribution is 2.19. The highest BCUT2D eigenvalue weighted by atomic mass is 16.6. The number of ketones is 1. The molecule has 0 aliphatic rings. The number of para-hydroxylation sites is 1. The van der Waals surface area contributed by atoms with E-state index in [2.05, 4.69) is 6.92 Å². The first kappa shape index (κ1) is 13.4. The maximum Gasteiger partial charge on any atom is 0.273 e. The third-order valence-electron chi connectivity index (χ3n) is 2.64. The highest BCUT2D eigenvalue weighted by Gasteiger charge is 2.14. The quantitative estimate of drug-likeness (QED) is 0.414. The molecule has 0 N–H and O–H groups in total.